The van der Waals surface area contributed by atoms with E-state index in [0.717, 1.165) is 35.6 Å². The molecule has 0 N–H and O–H groups in total. The first-order valence-electron chi connectivity index (χ1n) is 12.2. The minimum absolute atomic E-state index is 0.0279. The van der Waals surface area contributed by atoms with Gasteiger partial charge in [0, 0.05) is 19.2 Å². The number of fused-ring (bicyclic) bond motifs is 1. The van der Waals surface area contributed by atoms with E-state index in [4.69, 9.17) is 4.98 Å². The zero-order valence-corrected chi connectivity index (χ0v) is 20.5. The van der Waals surface area contributed by atoms with Crippen LogP contribution in [0.2, 0.25) is 0 Å². The van der Waals surface area contributed by atoms with Crippen LogP contribution in [-0.2, 0) is 6.42 Å². The van der Waals surface area contributed by atoms with Crippen molar-refractivity contribution in [3.05, 3.63) is 98.4 Å². The second kappa shape index (κ2) is 9.21. The Labute approximate surface area is 205 Å². The number of aliphatic imine (C=N–C) groups is 1. The highest BCUT2D eigenvalue weighted by Crippen LogP contribution is 2.38. The van der Waals surface area contributed by atoms with Crippen LogP contribution in [0.5, 0.6) is 0 Å². The number of amides is 1. The summed E-state index contributed by atoms with van der Waals surface area (Å²) >= 11 is 0. The van der Waals surface area contributed by atoms with Crippen molar-refractivity contribution in [2.24, 2.45) is 4.99 Å². The zero-order valence-electron chi connectivity index (χ0n) is 20.5. The van der Waals surface area contributed by atoms with Crippen LogP contribution in [0.3, 0.4) is 0 Å². The van der Waals surface area contributed by atoms with Crippen LogP contribution in [0.25, 0.3) is 12.7 Å². The molecule has 5 rings (SSSR count). The largest absolute Gasteiger partial charge is 0.330 e. The molecule has 5 heteroatoms. The maximum atomic E-state index is 14.7. The number of rotatable bonds is 4. The Morgan fingerprint density at radius 2 is 1.94 bits per heavy atom. The second-order valence-corrected chi connectivity index (χ2v) is 9.59. The fourth-order valence-corrected chi connectivity index (χ4v) is 5.02. The molecule has 4 nitrogen and oxygen atoms in total. The molecule has 2 aromatic carbocycles. The maximum Gasteiger partial charge on any atom is 0.272 e. The first-order chi connectivity index (χ1) is 16.9. The number of pyridine rings is 1. The van der Waals surface area contributed by atoms with E-state index in [1.54, 1.807) is 19.2 Å². The van der Waals surface area contributed by atoms with Gasteiger partial charge in [0.05, 0.1) is 17.1 Å². The Morgan fingerprint density at radius 3 is 2.66 bits per heavy atom. The molecular weight excluding hydrogens is 437 g/mol. The highest BCUT2D eigenvalue weighted by Gasteiger charge is 2.31. The fourth-order valence-electron chi connectivity index (χ4n) is 5.02. The third-order valence-electron chi connectivity index (χ3n) is 7.20. The summed E-state index contributed by atoms with van der Waals surface area (Å²) in [7, 11) is 1.64. The van der Waals surface area contributed by atoms with Crippen LogP contribution >= 0.6 is 0 Å². The summed E-state index contributed by atoms with van der Waals surface area (Å²) in [5, 5.41) is 1.36. The monoisotopic (exact) mass is 467 g/mol. The standard InChI is InChI=1S/C30H30FN3O/c1-18-9-12-24(26(31)15-18)28(32-4)17-27-19(2)25(22-10-11-22)16-29(33-27)30(35)34-14-13-21-7-5-6-8-23(21)20(34)3/h5-9,12,15-17,20,22H,2,10-11,13-14H2,1,3-4H3/b27-17+,32-28+/t20-/m1/s1. The van der Waals surface area contributed by atoms with Gasteiger partial charge in [0.25, 0.3) is 5.91 Å². The SMILES string of the molecule is C=c1c(C2CC2)cc(C(=O)N2CCc3ccccc3[C@H]2C)n/c1=C/C(=N\C)c1ccc(C)cc1F. The van der Waals surface area contributed by atoms with Gasteiger partial charge in [0.1, 0.15) is 11.5 Å². The Hall–Kier alpha value is -3.60. The van der Waals surface area contributed by atoms with E-state index in [1.165, 1.54) is 17.2 Å². The van der Waals surface area contributed by atoms with Crippen LogP contribution < -0.4 is 10.6 Å². The minimum atomic E-state index is -0.331. The molecule has 1 amide bonds. The molecule has 0 unspecified atom stereocenters. The Balaban J connectivity index is 1.58. The van der Waals surface area contributed by atoms with E-state index in [9.17, 15) is 9.18 Å². The number of carbonyl (C=O) groups excluding carboxylic acids is 1. The van der Waals surface area contributed by atoms with Crippen molar-refractivity contribution in [3.8, 4) is 0 Å². The third kappa shape index (κ3) is 4.43. The first kappa shape index (κ1) is 23.2. The van der Waals surface area contributed by atoms with Gasteiger partial charge in [0.2, 0.25) is 0 Å². The fraction of sp³-hybridized carbons (Fsp3) is 0.300. The zero-order chi connectivity index (χ0) is 24.7. The topological polar surface area (TPSA) is 45.6 Å². The molecule has 35 heavy (non-hydrogen) atoms. The molecule has 0 spiro atoms. The molecule has 1 fully saturated rings. The van der Waals surface area contributed by atoms with Crippen LogP contribution in [-0.4, -0.2) is 35.1 Å². The van der Waals surface area contributed by atoms with Crippen molar-refractivity contribution in [2.45, 2.75) is 45.1 Å². The molecule has 2 heterocycles. The minimum Gasteiger partial charge on any atom is -0.330 e. The normalized spacial score (nSPS) is 18.5. The molecular formula is C30H30FN3O. The average molecular weight is 468 g/mol. The van der Waals surface area contributed by atoms with Crippen molar-refractivity contribution >= 4 is 24.3 Å². The van der Waals surface area contributed by atoms with Crippen molar-refractivity contribution in [1.29, 1.82) is 0 Å². The Bertz CT molecular complexity index is 1450. The maximum absolute atomic E-state index is 14.7. The van der Waals surface area contributed by atoms with E-state index in [-0.39, 0.29) is 17.8 Å². The summed E-state index contributed by atoms with van der Waals surface area (Å²) in [6.45, 7) is 8.87. The van der Waals surface area contributed by atoms with Crippen molar-refractivity contribution in [1.82, 2.24) is 9.88 Å². The number of aryl methyl sites for hydroxylation is 1. The summed E-state index contributed by atoms with van der Waals surface area (Å²) in [6, 6.07) is 15.3. The highest BCUT2D eigenvalue weighted by molar-refractivity contribution is 6.20. The lowest BCUT2D eigenvalue weighted by atomic mass is 9.93. The van der Waals surface area contributed by atoms with Gasteiger partial charge < -0.3 is 4.90 Å². The lowest BCUT2D eigenvalue weighted by Crippen LogP contribution is -2.41. The first-order valence-corrected chi connectivity index (χ1v) is 12.2. The van der Waals surface area contributed by atoms with Gasteiger partial charge in [0.15, 0.2) is 0 Å². The number of hydrogen-bond donors (Lipinski definition) is 0. The molecule has 178 valence electrons. The molecule has 1 aromatic heterocycles. The van der Waals surface area contributed by atoms with E-state index < -0.39 is 0 Å². The van der Waals surface area contributed by atoms with Gasteiger partial charge in [-0.2, -0.15) is 0 Å². The summed E-state index contributed by atoms with van der Waals surface area (Å²) < 4.78 is 14.7. The predicted octanol–water partition coefficient (Wildman–Crippen LogP) is 4.48. The van der Waals surface area contributed by atoms with Crippen LogP contribution in [0.4, 0.5) is 4.39 Å². The Kier molecular flexibility index (Phi) is 6.10. The number of hydrogen-bond acceptors (Lipinski definition) is 3. The van der Waals surface area contributed by atoms with E-state index in [0.29, 0.717) is 34.8 Å². The van der Waals surface area contributed by atoms with Gasteiger partial charge in [-0.15, -0.1) is 0 Å². The number of nitrogens with zero attached hydrogens (tertiary/aromatic N) is 3. The average Bonchev–Trinajstić information content (AvgIpc) is 3.69. The van der Waals surface area contributed by atoms with Crippen molar-refractivity contribution in [2.75, 3.05) is 13.6 Å². The van der Waals surface area contributed by atoms with Crippen LogP contribution in [0, 0.1) is 12.7 Å². The molecule has 0 radical (unpaired) electrons. The van der Waals surface area contributed by atoms with Gasteiger partial charge in [-0.1, -0.05) is 36.9 Å². The number of benzene rings is 2. The molecule has 2 aliphatic rings. The molecule has 1 saturated carbocycles. The van der Waals surface area contributed by atoms with Gasteiger partial charge >= 0.3 is 0 Å². The summed E-state index contributed by atoms with van der Waals surface area (Å²) in [6.07, 6.45) is 4.74. The molecule has 1 atom stereocenters. The summed E-state index contributed by atoms with van der Waals surface area (Å²) in [5.41, 5.74) is 5.68. The molecule has 1 aliphatic heterocycles. The van der Waals surface area contributed by atoms with Crippen LogP contribution in [0.1, 0.15) is 70.0 Å². The quantitative estimate of drug-likeness (QED) is 0.532. The van der Waals surface area contributed by atoms with E-state index in [1.807, 2.05) is 36.1 Å². The molecule has 0 saturated heterocycles. The van der Waals surface area contributed by atoms with Crippen molar-refractivity contribution < 1.29 is 9.18 Å². The lowest BCUT2D eigenvalue weighted by Gasteiger charge is -2.35. The van der Waals surface area contributed by atoms with Gasteiger partial charge in [-0.25, -0.2) is 9.37 Å². The van der Waals surface area contributed by atoms with E-state index in [2.05, 4.69) is 30.6 Å². The smallest absolute Gasteiger partial charge is 0.272 e. The van der Waals surface area contributed by atoms with Crippen molar-refractivity contribution in [3.63, 3.8) is 0 Å². The Morgan fingerprint density at radius 1 is 1.17 bits per heavy atom. The molecule has 3 aromatic rings. The van der Waals surface area contributed by atoms with Crippen LogP contribution in [0.15, 0.2) is 53.5 Å². The predicted molar refractivity (Wildman–Crippen MR) is 139 cm³/mol. The van der Waals surface area contributed by atoms with Gasteiger partial charge in [-0.3, -0.25) is 9.79 Å². The highest BCUT2D eigenvalue weighted by atomic mass is 19.1. The molecule has 1 aliphatic carbocycles. The van der Waals surface area contributed by atoms with E-state index >= 15 is 0 Å². The number of carbonyl (C=O) groups is 1. The summed E-state index contributed by atoms with van der Waals surface area (Å²) in [4.78, 5) is 24.7. The summed E-state index contributed by atoms with van der Waals surface area (Å²) in [5.74, 6) is -0.0233. The number of halogens is 1. The lowest BCUT2D eigenvalue weighted by molar-refractivity contribution is 0.0671. The van der Waals surface area contributed by atoms with Gasteiger partial charge in [-0.05, 0) is 90.8 Å². The second-order valence-electron chi connectivity index (χ2n) is 9.59. The molecule has 0 bridgehead atoms. The third-order valence-corrected chi connectivity index (χ3v) is 7.20. The number of aromatic nitrogens is 1.